The molecule has 0 bridgehead atoms. The van der Waals surface area contributed by atoms with Gasteiger partial charge >= 0.3 is 0 Å². The molecule has 1 amide bonds. The zero-order valence-electron chi connectivity index (χ0n) is 10.5. The SMILES string of the molecule is CO[C@@H]1CC(c2ncc[nH]2)N(C(=O)c2cnc[nH]2)C1. The van der Waals surface area contributed by atoms with Crippen LogP contribution in [-0.2, 0) is 4.74 Å². The number of rotatable bonds is 3. The number of methoxy groups -OCH3 is 1. The van der Waals surface area contributed by atoms with Crippen molar-refractivity contribution in [1.29, 1.82) is 0 Å². The molecule has 1 aliphatic heterocycles. The van der Waals surface area contributed by atoms with Crippen LogP contribution in [0.5, 0.6) is 0 Å². The molecule has 1 unspecified atom stereocenters. The van der Waals surface area contributed by atoms with Crippen LogP contribution in [0.4, 0.5) is 0 Å². The molecule has 2 aromatic heterocycles. The Kier molecular flexibility index (Phi) is 3.04. The van der Waals surface area contributed by atoms with Crippen molar-refractivity contribution in [2.75, 3.05) is 13.7 Å². The highest BCUT2D eigenvalue weighted by Crippen LogP contribution is 2.32. The lowest BCUT2D eigenvalue weighted by Crippen LogP contribution is -2.32. The minimum Gasteiger partial charge on any atom is -0.380 e. The summed E-state index contributed by atoms with van der Waals surface area (Å²) in [6.45, 7) is 0.555. The smallest absolute Gasteiger partial charge is 0.272 e. The Labute approximate surface area is 110 Å². The van der Waals surface area contributed by atoms with Gasteiger partial charge in [0.25, 0.3) is 5.91 Å². The molecule has 7 heteroatoms. The molecular formula is C12H15N5O2. The highest BCUT2D eigenvalue weighted by molar-refractivity contribution is 5.92. The number of carbonyl (C=O) groups excluding carboxylic acids is 1. The quantitative estimate of drug-likeness (QED) is 0.853. The summed E-state index contributed by atoms with van der Waals surface area (Å²) in [5, 5.41) is 0. The third kappa shape index (κ3) is 2.12. The molecule has 3 rings (SSSR count). The van der Waals surface area contributed by atoms with E-state index in [4.69, 9.17) is 4.74 Å². The fraction of sp³-hybridized carbons (Fsp3) is 0.417. The molecule has 0 radical (unpaired) electrons. The number of carbonyl (C=O) groups is 1. The van der Waals surface area contributed by atoms with E-state index >= 15 is 0 Å². The first-order valence-corrected chi connectivity index (χ1v) is 6.11. The van der Waals surface area contributed by atoms with Crippen molar-refractivity contribution in [2.24, 2.45) is 0 Å². The van der Waals surface area contributed by atoms with Gasteiger partial charge in [0.1, 0.15) is 11.5 Å². The number of nitrogens with zero attached hydrogens (tertiary/aromatic N) is 3. The fourth-order valence-electron chi connectivity index (χ4n) is 2.44. The Morgan fingerprint density at radius 2 is 2.42 bits per heavy atom. The molecule has 2 N–H and O–H groups in total. The van der Waals surface area contributed by atoms with Crippen LogP contribution in [0, 0.1) is 0 Å². The van der Waals surface area contributed by atoms with Gasteiger partial charge in [-0.05, 0) is 0 Å². The van der Waals surface area contributed by atoms with Gasteiger partial charge in [0, 0.05) is 32.5 Å². The Bertz CT molecular complexity index is 536. The monoisotopic (exact) mass is 261 g/mol. The predicted molar refractivity (Wildman–Crippen MR) is 66.4 cm³/mol. The highest BCUT2D eigenvalue weighted by Gasteiger charge is 2.38. The van der Waals surface area contributed by atoms with Crippen molar-refractivity contribution >= 4 is 5.91 Å². The molecule has 19 heavy (non-hydrogen) atoms. The van der Waals surface area contributed by atoms with E-state index in [1.54, 1.807) is 24.4 Å². The van der Waals surface area contributed by atoms with Crippen molar-refractivity contribution in [1.82, 2.24) is 24.8 Å². The maximum absolute atomic E-state index is 12.4. The van der Waals surface area contributed by atoms with E-state index < -0.39 is 0 Å². The maximum Gasteiger partial charge on any atom is 0.272 e. The number of hydrogen-bond donors (Lipinski definition) is 2. The number of imidazole rings is 2. The van der Waals surface area contributed by atoms with Gasteiger partial charge in [0.2, 0.25) is 0 Å². The van der Waals surface area contributed by atoms with E-state index in [-0.39, 0.29) is 18.1 Å². The van der Waals surface area contributed by atoms with Gasteiger partial charge in [-0.2, -0.15) is 0 Å². The Morgan fingerprint density at radius 3 is 3.05 bits per heavy atom. The van der Waals surface area contributed by atoms with Crippen LogP contribution in [0.2, 0.25) is 0 Å². The highest BCUT2D eigenvalue weighted by atomic mass is 16.5. The van der Waals surface area contributed by atoms with Crippen LogP contribution in [0.3, 0.4) is 0 Å². The van der Waals surface area contributed by atoms with Crippen LogP contribution < -0.4 is 0 Å². The number of hydrogen-bond acceptors (Lipinski definition) is 4. The Morgan fingerprint density at radius 1 is 1.53 bits per heavy atom. The minimum absolute atomic E-state index is 0.0296. The first-order chi connectivity index (χ1) is 9.29. The minimum atomic E-state index is -0.0873. The lowest BCUT2D eigenvalue weighted by atomic mass is 10.2. The number of aromatic nitrogens is 4. The van der Waals surface area contributed by atoms with Gasteiger partial charge < -0.3 is 19.6 Å². The van der Waals surface area contributed by atoms with Crippen molar-refractivity contribution in [3.05, 3.63) is 36.4 Å². The zero-order valence-corrected chi connectivity index (χ0v) is 10.5. The first-order valence-electron chi connectivity index (χ1n) is 6.11. The molecule has 1 saturated heterocycles. The molecule has 7 nitrogen and oxygen atoms in total. The molecular weight excluding hydrogens is 246 g/mol. The average Bonchev–Trinajstić information content (AvgIpc) is 3.16. The summed E-state index contributed by atoms with van der Waals surface area (Å²) in [6.07, 6.45) is 7.25. The molecule has 1 aliphatic rings. The van der Waals surface area contributed by atoms with Crippen LogP contribution >= 0.6 is 0 Å². The number of aromatic amines is 2. The largest absolute Gasteiger partial charge is 0.380 e. The van der Waals surface area contributed by atoms with E-state index in [0.29, 0.717) is 12.2 Å². The molecule has 0 aliphatic carbocycles. The summed E-state index contributed by atoms with van der Waals surface area (Å²) in [5.41, 5.74) is 0.480. The summed E-state index contributed by atoms with van der Waals surface area (Å²) in [6, 6.07) is -0.0873. The normalized spacial score (nSPS) is 22.9. The summed E-state index contributed by atoms with van der Waals surface area (Å²) in [5.74, 6) is 0.700. The number of likely N-dealkylation sites (tertiary alicyclic amines) is 1. The number of H-pyrrole nitrogens is 2. The summed E-state index contributed by atoms with van der Waals surface area (Å²) in [7, 11) is 1.66. The van der Waals surface area contributed by atoms with Crippen molar-refractivity contribution in [3.8, 4) is 0 Å². The second-order valence-electron chi connectivity index (χ2n) is 4.51. The summed E-state index contributed by atoms with van der Waals surface area (Å²) in [4.78, 5) is 28.2. The van der Waals surface area contributed by atoms with E-state index in [1.807, 2.05) is 0 Å². The molecule has 1 fully saturated rings. The topological polar surface area (TPSA) is 86.9 Å². The number of ether oxygens (including phenoxy) is 1. The number of nitrogens with one attached hydrogen (secondary N) is 2. The lowest BCUT2D eigenvalue weighted by molar-refractivity contribution is 0.0679. The van der Waals surface area contributed by atoms with Crippen LogP contribution in [0.1, 0.15) is 28.8 Å². The first kappa shape index (κ1) is 11.9. The van der Waals surface area contributed by atoms with Crippen LogP contribution in [0.15, 0.2) is 24.9 Å². The molecule has 0 saturated carbocycles. The third-order valence-corrected chi connectivity index (χ3v) is 3.42. The van der Waals surface area contributed by atoms with Gasteiger partial charge in [0.15, 0.2) is 0 Å². The predicted octanol–water partition coefficient (Wildman–Crippen LogP) is 0.735. The lowest BCUT2D eigenvalue weighted by Gasteiger charge is -2.22. The third-order valence-electron chi connectivity index (χ3n) is 3.42. The van der Waals surface area contributed by atoms with E-state index in [0.717, 1.165) is 12.2 Å². The zero-order chi connectivity index (χ0) is 13.2. The molecule has 100 valence electrons. The average molecular weight is 261 g/mol. The summed E-state index contributed by atoms with van der Waals surface area (Å²) >= 11 is 0. The van der Waals surface area contributed by atoms with Gasteiger partial charge in [0.05, 0.1) is 24.7 Å². The Balaban J connectivity index is 1.87. The van der Waals surface area contributed by atoms with Gasteiger partial charge in [-0.1, -0.05) is 0 Å². The molecule has 2 atom stereocenters. The van der Waals surface area contributed by atoms with E-state index in [1.165, 1.54) is 12.5 Å². The van der Waals surface area contributed by atoms with Gasteiger partial charge in [-0.25, -0.2) is 9.97 Å². The molecule has 0 spiro atoms. The van der Waals surface area contributed by atoms with E-state index in [2.05, 4.69) is 19.9 Å². The van der Waals surface area contributed by atoms with E-state index in [9.17, 15) is 4.79 Å². The molecule has 0 aromatic carbocycles. The van der Waals surface area contributed by atoms with Crippen molar-refractivity contribution < 1.29 is 9.53 Å². The second-order valence-corrected chi connectivity index (χ2v) is 4.51. The maximum atomic E-state index is 12.4. The second kappa shape index (κ2) is 4.85. The van der Waals surface area contributed by atoms with Crippen LogP contribution in [0.25, 0.3) is 0 Å². The summed E-state index contributed by atoms with van der Waals surface area (Å²) < 4.78 is 5.38. The van der Waals surface area contributed by atoms with Gasteiger partial charge in [-0.3, -0.25) is 4.79 Å². The van der Waals surface area contributed by atoms with Crippen molar-refractivity contribution in [3.63, 3.8) is 0 Å². The number of amides is 1. The fourth-order valence-corrected chi connectivity index (χ4v) is 2.44. The molecule has 3 heterocycles. The molecule has 2 aromatic rings. The standard InChI is InChI=1S/C12H15N5O2/c1-19-8-4-10(11-14-2-3-15-11)17(6-8)12(18)9-5-13-7-16-9/h2-3,5,7-8,10H,4,6H2,1H3,(H,13,16)(H,14,15)/t8-,10?/m1/s1. The van der Waals surface area contributed by atoms with Crippen LogP contribution in [-0.4, -0.2) is 50.5 Å². The Hall–Kier alpha value is -2.15. The van der Waals surface area contributed by atoms with Crippen molar-refractivity contribution in [2.45, 2.75) is 18.6 Å². The van der Waals surface area contributed by atoms with Gasteiger partial charge in [-0.15, -0.1) is 0 Å².